The van der Waals surface area contributed by atoms with Crippen LogP contribution >= 0.6 is 0 Å². The molecule has 1 aliphatic rings. The van der Waals surface area contributed by atoms with Crippen molar-refractivity contribution in [2.75, 3.05) is 57.8 Å². The van der Waals surface area contributed by atoms with E-state index in [4.69, 9.17) is 0 Å². The van der Waals surface area contributed by atoms with Gasteiger partial charge >= 0.3 is 0 Å². The quantitative estimate of drug-likeness (QED) is 0.646. The zero-order valence-corrected chi connectivity index (χ0v) is 17.1. The topological polar surface area (TPSA) is 57.1 Å². The average Bonchev–Trinajstić information content (AvgIpc) is 2.78. The van der Waals surface area contributed by atoms with Crippen molar-refractivity contribution in [3.63, 3.8) is 0 Å². The van der Waals surface area contributed by atoms with Gasteiger partial charge in [0.2, 0.25) is 0 Å². The van der Waals surface area contributed by atoms with Crippen LogP contribution in [0.2, 0.25) is 0 Å². The van der Waals surface area contributed by atoms with Gasteiger partial charge in [0, 0.05) is 31.4 Å². The third-order valence-corrected chi connectivity index (χ3v) is 5.38. The molecule has 0 atom stereocenters. The lowest BCUT2D eigenvalue weighted by Crippen LogP contribution is -3.15. The molecule has 1 aliphatic heterocycles. The normalized spacial score (nSPS) is 14.4. The van der Waals surface area contributed by atoms with E-state index in [-0.39, 0.29) is 11.8 Å². The largest absolute Gasteiger partial charge is 0.375 e. The lowest BCUT2D eigenvalue weighted by Gasteiger charge is -2.32. The van der Waals surface area contributed by atoms with E-state index < -0.39 is 0 Å². The van der Waals surface area contributed by atoms with E-state index in [0.717, 1.165) is 31.6 Å². The Bertz CT molecular complexity index is 774. The number of para-hydroxylation sites is 1. The second kappa shape index (κ2) is 10.6. The highest BCUT2D eigenvalue weighted by Gasteiger charge is 2.25. The first-order valence-corrected chi connectivity index (χ1v) is 10.3. The molecule has 6 nitrogen and oxygen atoms in total. The van der Waals surface area contributed by atoms with Crippen LogP contribution in [0.3, 0.4) is 0 Å². The van der Waals surface area contributed by atoms with Crippen LogP contribution in [0.25, 0.3) is 0 Å². The second-order valence-corrected chi connectivity index (χ2v) is 7.55. The molecule has 0 spiro atoms. The fourth-order valence-corrected chi connectivity index (χ4v) is 3.61. The van der Waals surface area contributed by atoms with Crippen LogP contribution in [-0.2, 0) is 4.79 Å². The van der Waals surface area contributed by atoms with Crippen molar-refractivity contribution >= 4 is 17.5 Å². The number of benzene rings is 2. The van der Waals surface area contributed by atoms with Gasteiger partial charge in [0.15, 0.2) is 6.54 Å². The van der Waals surface area contributed by atoms with Crippen molar-refractivity contribution in [3.05, 3.63) is 66.2 Å². The van der Waals surface area contributed by atoms with Crippen LogP contribution in [0.4, 0.5) is 5.69 Å². The van der Waals surface area contributed by atoms with Crippen molar-refractivity contribution in [2.45, 2.75) is 6.42 Å². The van der Waals surface area contributed by atoms with Crippen LogP contribution in [0, 0.1) is 0 Å². The highest BCUT2D eigenvalue weighted by Crippen LogP contribution is 2.10. The van der Waals surface area contributed by atoms with E-state index >= 15 is 0 Å². The summed E-state index contributed by atoms with van der Waals surface area (Å²) in [4.78, 5) is 30.0. The lowest BCUT2D eigenvalue weighted by atomic mass is 10.2. The number of piperazine rings is 1. The third-order valence-electron chi connectivity index (χ3n) is 5.38. The van der Waals surface area contributed by atoms with E-state index in [2.05, 4.69) is 29.4 Å². The number of anilines is 1. The van der Waals surface area contributed by atoms with Crippen molar-refractivity contribution < 1.29 is 14.5 Å². The van der Waals surface area contributed by atoms with Gasteiger partial charge in [0.1, 0.15) is 0 Å². The number of hydrogen-bond donors (Lipinski definition) is 2. The Morgan fingerprint density at radius 1 is 1.00 bits per heavy atom. The first kappa shape index (κ1) is 20.9. The van der Waals surface area contributed by atoms with Crippen molar-refractivity contribution in [2.24, 2.45) is 0 Å². The van der Waals surface area contributed by atoms with Gasteiger partial charge in [0.25, 0.3) is 11.8 Å². The maximum absolute atomic E-state index is 12.5. The van der Waals surface area contributed by atoms with Gasteiger partial charge in [-0.05, 0) is 30.7 Å². The molecule has 6 heteroatoms. The van der Waals surface area contributed by atoms with Gasteiger partial charge in [0.05, 0.1) is 26.2 Å². The van der Waals surface area contributed by atoms with E-state index in [1.54, 1.807) is 0 Å². The van der Waals surface area contributed by atoms with Crippen LogP contribution in [0.15, 0.2) is 60.7 Å². The molecule has 1 saturated heterocycles. The lowest BCUT2D eigenvalue weighted by molar-refractivity contribution is -0.896. The minimum Gasteiger partial charge on any atom is -0.375 e. The summed E-state index contributed by atoms with van der Waals surface area (Å²) in [5.74, 6) is 0.168. The smallest absolute Gasteiger partial charge is 0.275 e. The Balaban J connectivity index is 1.31. The summed E-state index contributed by atoms with van der Waals surface area (Å²) in [6.45, 7) is 5.06. The zero-order valence-electron chi connectivity index (χ0n) is 17.1. The maximum atomic E-state index is 12.5. The molecule has 2 amide bonds. The highest BCUT2D eigenvalue weighted by atomic mass is 16.2. The standard InChI is InChI=1S/C23H30N4O2/c1-25(21-11-6-3-7-12-21)14-8-13-24-22(28)19-26-15-17-27(18-16-26)23(29)20-9-4-2-5-10-20/h2-7,9-12H,8,13-19H2,1H3,(H,24,28)/p+1. The molecule has 2 aromatic carbocycles. The first-order chi connectivity index (χ1) is 14.1. The van der Waals surface area contributed by atoms with Crippen molar-refractivity contribution in [1.82, 2.24) is 10.2 Å². The van der Waals surface area contributed by atoms with Gasteiger partial charge in [-0.15, -0.1) is 0 Å². The summed E-state index contributed by atoms with van der Waals surface area (Å²) in [5, 5.41) is 3.03. The van der Waals surface area contributed by atoms with Gasteiger partial charge in [-0.1, -0.05) is 36.4 Å². The van der Waals surface area contributed by atoms with Crippen molar-refractivity contribution in [1.29, 1.82) is 0 Å². The number of carbonyl (C=O) groups is 2. The number of quaternary nitrogens is 1. The van der Waals surface area contributed by atoms with Crippen LogP contribution in [-0.4, -0.2) is 69.6 Å². The van der Waals surface area contributed by atoms with Crippen LogP contribution < -0.4 is 15.1 Å². The van der Waals surface area contributed by atoms with Gasteiger partial charge in [-0.3, -0.25) is 9.59 Å². The maximum Gasteiger partial charge on any atom is 0.275 e. The Hall–Kier alpha value is -2.86. The molecule has 0 unspecified atom stereocenters. The fraction of sp³-hybridized carbons (Fsp3) is 0.391. The van der Waals surface area contributed by atoms with Crippen LogP contribution in [0.1, 0.15) is 16.8 Å². The summed E-state index contributed by atoms with van der Waals surface area (Å²) >= 11 is 0. The number of carbonyl (C=O) groups excluding carboxylic acids is 2. The molecule has 0 bridgehead atoms. The molecule has 1 fully saturated rings. The minimum atomic E-state index is 0.0802. The predicted octanol–water partition coefficient (Wildman–Crippen LogP) is 0.670. The number of rotatable bonds is 8. The molecule has 0 saturated carbocycles. The molecule has 3 rings (SSSR count). The Morgan fingerprint density at radius 2 is 1.62 bits per heavy atom. The summed E-state index contributed by atoms with van der Waals surface area (Å²) in [6.07, 6.45) is 0.909. The zero-order chi connectivity index (χ0) is 20.5. The van der Waals surface area contributed by atoms with E-state index in [1.165, 1.54) is 10.6 Å². The van der Waals surface area contributed by atoms with Gasteiger partial charge in [-0.25, -0.2) is 0 Å². The monoisotopic (exact) mass is 395 g/mol. The molecule has 1 heterocycles. The van der Waals surface area contributed by atoms with Gasteiger partial charge < -0.3 is 20.0 Å². The second-order valence-electron chi connectivity index (χ2n) is 7.55. The molecular weight excluding hydrogens is 364 g/mol. The molecule has 2 aromatic rings. The molecule has 0 aromatic heterocycles. The Morgan fingerprint density at radius 3 is 2.28 bits per heavy atom. The van der Waals surface area contributed by atoms with E-state index in [9.17, 15) is 9.59 Å². The number of nitrogens with one attached hydrogen (secondary N) is 2. The summed E-state index contributed by atoms with van der Waals surface area (Å²) in [6, 6.07) is 19.6. The number of amides is 2. The van der Waals surface area contributed by atoms with Crippen molar-refractivity contribution in [3.8, 4) is 0 Å². The molecule has 0 aliphatic carbocycles. The molecule has 2 N–H and O–H groups in total. The Kier molecular flexibility index (Phi) is 7.64. The SMILES string of the molecule is CN(CCCNC(=O)C[NH+]1CCN(C(=O)c2ccccc2)CC1)c1ccccc1. The summed E-state index contributed by atoms with van der Waals surface area (Å²) in [5.41, 5.74) is 1.92. The highest BCUT2D eigenvalue weighted by molar-refractivity contribution is 5.94. The molecular formula is C23H31N4O2+. The average molecular weight is 396 g/mol. The molecule has 154 valence electrons. The Labute approximate surface area is 173 Å². The number of hydrogen-bond acceptors (Lipinski definition) is 3. The number of nitrogens with zero attached hydrogens (tertiary/aromatic N) is 2. The minimum absolute atomic E-state index is 0.0802. The van der Waals surface area contributed by atoms with Crippen LogP contribution in [0.5, 0.6) is 0 Å². The van der Waals surface area contributed by atoms with Gasteiger partial charge in [-0.2, -0.15) is 0 Å². The molecule has 29 heavy (non-hydrogen) atoms. The van der Waals surface area contributed by atoms with E-state index in [0.29, 0.717) is 26.2 Å². The summed E-state index contributed by atoms with van der Waals surface area (Å²) in [7, 11) is 2.07. The molecule has 0 radical (unpaired) electrons. The predicted molar refractivity (Wildman–Crippen MR) is 115 cm³/mol. The first-order valence-electron chi connectivity index (χ1n) is 10.3. The summed E-state index contributed by atoms with van der Waals surface area (Å²) < 4.78 is 0. The fourth-order valence-electron chi connectivity index (χ4n) is 3.61. The van der Waals surface area contributed by atoms with E-state index in [1.807, 2.05) is 53.4 Å². The third kappa shape index (κ3) is 6.32.